The van der Waals surface area contributed by atoms with Gasteiger partial charge in [0.1, 0.15) is 0 Å². The Hall–Kier alpha value is -1.36. The first-order chi connectivity index (χ1) is 6.57. The third-order valence-electron chi connectivity index (χ3n) is 1.85. The van der Waals surface area contributed by atoms with Crippen LogP contribution in [-0.2, 0) is 3.83 Å². The molecular formula is C9H7BrO4. The molecule has 0 bridgehead atoms. The Kier molecular flexibility index (Phi) is 3.24. The molecule has 4 nitrogen and oxygen atoms in total. The lowest BCUT2D eigenvalue weighted by atomic mass is 10.0. The second-order valence-electron chi connectivity index (χ2n) is 2.65. The van der Waals surface area contributed by atoms with Crippen molar-refractivity contribution in [3.63, 3.8) is 0 Å². The molecule has 0 spiro atoms. The van der Waals surface area contributed by atoms with Crippen LogP contribution in [0.4, 0.5) is 0 Å². The van der Waals surface area contributed by atoms with Gasteiger partial charge in [-0.3, -0.25) is 0 Å². The van der Waals surface area contributed by atoms with Gasteiger partial charge in [0.25, 0.3) is 0 Å². The van der Waals surface area contributed by atoms with Crippen LogP contribution in [0.2, 0.25) is 0 Å². The molecule has 0 unspecified atom stereocenters. The summed E-state index contributed by atoms with van der Waals surface area (Å²) < 4.78 is 4.33. The quantitative estimate of drug-likeness (QED) is 0.883. The number of halogens is 1. The maximum absolute atomic E-state index is 11.1. The summed E-state index contributed by atoms with van der Waals surface area (Å²) in [6.45, 7) is 1.56. The van der Waals surface area contributed by atoms with Gasteiger partial charge < -0.3 is 8.93 Å². The summed E-state index contributed by atoms with van der Waals surface area (Å²) in [5.74, 6) is -1.67. The third-order valence-corrected chi connectivity index (χ3v) is 2.15. The first-order valence-corrected chi connectivity index (χ1v) is 4.38. The average Bonchev–Trinajstić information content (AvgIpc) is 2.16. The summed E-state index contributed by atoms with van der Waals surface area (Å²) in [5, 5.41) is 8.78. The van der Waals surface area contributed by atoms with Crippen molar-refractivity contribution in [3.05, 3.63) is 34.9 Å². The third kappa shape index (κ3) is 1.93. The molecule has 74 valence electrons. The number of aromatic carboxylic acids is 1. The van der Waals surface area contributed by atoms with Crippen LogP contribution in [-0.4, -0.2) is 17.0 Å². The normalized spacial score (nSPS) is 9.57. The lowest BCUT2D eigenvalue weighted by Gasteiger charge is -2.04. The molecule has 0 saturated heterocycles. The lowest BCUT2D eigenvalue weighted by Crippen LogP contribution is -2.07. The maximum atomic E-state index is 11.1. The Morgan fingerprint density at radius 3 is 2.43 bits per heavy atom. The molecule has 1 rings (SSSR count). The van der Waals surface area contributed by atoms with Crippen LogP contribution in [0.3, 0.4) is 0 Å². The number of rotatable bonds is 2. The molecule has 5 heteroatoms. The predicted molar refractivity (Wildman–Crippen MR) is 52.5 cm³/mol. The fourth-order valence-electron chi connectivity index (χ4n) is 1.13. The van der Waals surface area contributed by atoms with E-state index in [9.17, 15) is 9.59 Å². The van der Waals surface area contributed by atoms with E-state index in [0.717, 1.165) is 0 Å². The molecule has 0 saturated carbocycles. The molecule has 0 aliphatic rings. The van der Waals surface area contributed by atoms with E-state index in [4.69, 9.17) is 5.11 Å². The number of carbonyl (C=O) groups excluding carboxylic acids is 1. The summed E-state index contributed by atoms with van der Waals surface area (Å²) in [7, 11) is 0. The molecule has 0 radical (unpaired) electrons. The van der Waals surface area contributed by atoms with E-state index >= 15 is 0 Å². The average molecular weight is 259 g/mol. The van der Waals surface area contributed by atoms with Gasteiger partial charge in [0.15, 0.2) is 16.3 Å². The topological polar surface area (TPSA) is 63.6 Å². The zero-order chi connectivity index (χ0) is 10.7. The fourth-order valence-corrected chi connectivity index (χ4v) is 1.30. The molecule has 0 aromatic heterocycles. The second kappa shape index (κ2) is 4.23. The van der Waals surface area contributed by atoms with E-state index < -0.39 is 11.9 Å². The van der Waals surface area contributed by atoms with E-state index in [2.05, 4.69) is 20.1 Å². The largest absolute Gasteiger partial charge is 0.478 e. The molecule has 14 heavy (non-hydrogen) atoms. The van der Waals surface area contributed by atoms with Crippen molar-refractivity contribution in [2.24, 2.45) is 0 Å². The molecule has 1 aromatic rings. The fraction of sp³-hybridized carbons (Fsp3) is 0.111. The van der Waals surface area contributed by atoms with E-state index in [1.807, 2.05) is 0 Å². The zero-order valence-corrected chi connectivity index (χ0v) is 8.87. The minimum atomic E-state index is -1.06. The van der Waals surface area contributed by atoms with Crippen LogP contribution >= 0.6 is 16.3 Å². The molecule has 0 heterocycles. The Morgan fingerprint density at radius 2 is 1.93 bits per heavy atom. The molecule has 0 amide bonds. The highest BCUT2D eigenvalue weighted by atomic mass is 79.9. The van der Waals surface area contributed by atoms with Crippen LogP contribution in [0.1, 0.15) is 26.3 Å². The van der Waals surface area contributed by atoms with E-state index in [-0.39, 0.29) is 11.1 Å². The highest BCUT2D eigenvalue weighted by molar-refractivity contribution is 9.06. The van der Waals surface area contributed by atoms with Gasteiger partial charge in [-0.05, 0) is 24.6 Å². The van der Waals surface area contributed by atoms with Crippen molar-refractivity contribution < 1.29 is 18.5 Å². The lowest BCUT2D eigenvalue weighted by molar-refractivity contribution is 0.0696. The summed E-state index contributed by atoms with van der Waals surface area (Å²) in [4.78, 5) is 21.9. The van der Waals surface area contributed by atoms with E-state index in [1.165, 1.54) is 18.2 Å². The van der Waals surface area contributed by atoms with Gasteiger partial charge in [0, 0.05) is 0 Å². The summed E-state index contributed by atoms with van der Waals surface area (Å²) in [6.07, 6.45) is 0. The minimum Gasteiger partial charge on any atom is -0.478 e. The molecule has 0 aliphatic carbocycles. The standard InChI is InChI=1S/C9H7BrO4/c1-5-6(8(11)12)3-2-4-7(5)9(13)14-10/h2-4H,1H3,(H,11,12). The number of carboxylic acids is 1. The van der Waals surface area contributed by atoms with Gasteiger partial charge in [-0.15, -0.1) is 0 Å². The SMILES string of the molecule is Cc1c(C(=O)O)cccc1C(=O)OBr. The minimum absolute atomic E-state index is 0.0976. The first kappa shape index (κ1) is 10.7. The van der Waals surface area contributed by atoms with Crippen LogP contribution in [0, 0.1) is 6.92 Å². The van der Waals surface area contributed by atoms with Crippen molar-refractivity contribution in [2.45, 2.75) is 6.92 Å². The Bertz CT molecular complexity index is 386. The molecule has 0 aliphatic heterocycles. The monoisotopic (exact) mass is 258 g/mol. The van der Waals surface area contributed by atoms with Crippen molar-refractivity contribution in [3.8, 4) is 0 Å². The van der Waals surface area contributed by atoms with Gasteiger partial charge in [-0.25, -0.2) is 9.59 Å². The molecular weight excluding hydrogens is 252 g/mol. The van der Waals surface area contributed by atoms with Gasteiger partial charge in [0.05, 0.1) is 11.1 Å². The first-order valence-electron chi connectivity index (χ1n) is 3.73. The smallest absolute Gasteiger partial charge is 0.349 e. The number of benzene rings is 1. The Morgan fingerprint density at radius 1 is 1.36 bits per heavy atom. The highest BCUT2D eigenvalue weighted by Gasteiger charge is 2.15. The van der Waals surface area contributed by atoms with Crippen LogP contribution < -0.4 is 0 Å². The van der Waals surface area contributed by atoms with Crippen LogP contribution in [0.15, 0.2) is 18.2 Å². The van der Waals surface area contributed by atoms with Crippen LogP contribution in [0.5, 0.6) is 0 Å². The van der Waals surface area contributed by atoms with Gasteiger partial charge in [-0.2, -0.15) is 0 Å². The molecule has 1 N–H and O–H groups in total. The number of hydrogen-bond acceptors (Lipinski definition) is 3. The van der Waals surface area contributed by atoms with Crippen molar-refractivity contribution in [1.82, 2.24) is 0 Å². The molecule has 1 aromatic carbocycles. The highest BCUT2D eigenvalue weighted by Crippen LogP contribution is 2.15. The van der Waals surface area contributed by atoms with E-state index in [1.54, 1.807) is 6.92 Å². The number of hydrogen-bond donors (Lipinski definition) is 1. The molecule has 0 atom stereocenters. The van der Waals surface area contributed by atoms with Crippen molar-refractivity contribution in [2.75, 3.05) is 0 Å². The van der Waals surface area contributed by atoms with Crippen LogP contribution in [0.25, 0.3) is 0 Å². The maximum Gasteiger partial charge on any atom is 0.349 e. The van der Waals surface area contributed by atoms with Gasteiger partial charge in [0.2, 0.25) is 0 Å². The number of carbonyl (C=O) groups is 2. The predicted octanol–water partition coefficient (Wildman–Crippen LogP) is 2.16. The summed E-state index contributed by atoms with van der Waals surface area (Å²) in [5.41, 5.74) is 0.728. The number of carboxylic acid groups (broad SMARTS) is 1. The summed E-state index contributed by atoms with van der Waals surface area (Å²) in [6, 6.07) is 4.43. The molecule has 0 fully saturated rings. The summed E-state index contributed by atoms with van der Waals surface area (Å²) >= 11 is 2.55. The van der Waals surface area contributed by atoms with E-state index in [0.29, 0.717) is 5.56 Å². The Labute approximate surface area is 88.9 Å². The Balaban J connectivity index is 3.27. The van der Waals surface area contributed by atoms with Gasteiger partial charge >= 0.3 is 11.9 Å². The van der Waals surface area contributed by atoms with Gasteiger partial charge in [-0.1, -0.05) is 6.07 Å². The van der Waals surface area contributed by atoms with Crippen molar-refractivity contribution in [1.29, 1.82) is 0 Å². The second-order valence-corrected chi connectivity index (χ2v) is 2.97. The zero-order valence-electron chi connectivity index (χ0n) is 7.28. The van der Waals surface area contributed by atoms with Crippen molar-refractivity contribution >= 4 is 28.2 Å².